The summed E-state index contributed by atoms with van der Waals surface area (Å²) in [7, 11) is -0.296. The third-order valence-corrected chi connectivity index (χ3v) is 4.11. The SMILES string of the molecule is CCS(=O)(=O)NCC(=O)NCc1ccc(OC)c(OC)c1. The standard InChI is InChI=1S/C13H20N2O5S/c1-4-21(17,18)15-9-13(16)14-8-10-5-6-11(19-2)12(7-10)20-3/h5-7,15H,4,8-9H2,1-3H3,(H,14,16). The van der Waals surface area contributed by atoms with Crippen LogP contribution < -0.4 is 19.5 Å². The molecule has 1 aromatic carbocycles. The lowest BCUT2D eigenvalue weighted by Crippen LogP contribution is -2.37. The molecule has 0 saturated carbocycles. The topological polar surface area (TPSA) is 93.7 Å². The predicted molar refractivity (Wildman–Crippen MR) is 78.9 cm³/mol. The number of amides is 1. The van der Waals surface area contributed by atoms with E-state index in [-0.39, 0.29) is 18.8 Å². The first-order chi connectivity index (χ1) is 9.91. The van der Waals surface area contributed by atoms with Crippen molar-refractivity contribution in [2.45, 2.75) is 13.5 Å². The molecular weight excluding hydrogens is 296 g/mol. The second-order valence-corrected chi connectivity index (χ2v) is 6.29. The van der Waals surface area contributed by atoms with E-state index in [1.807, 2.05) is 0 Å². The summed E-state index contributed by atoms with van der Waals surface area (Å²) in [4.78, 5) is 11.6. The molecule has 21 heavy (non-hydrogen) atoms. The van der Waals surface area contributed by atoms with Crippen LogP contribution in [-0.2, 0) is 21.4 Å². The van der Waals surface area contributed by atoms with Crippen molar-refractivity contribution in [3.05, 3.63) is 23.8 Å². The maximum absolute atomic E-state index is 11.6. The molecule has 1 amide bonds. The van der Waals surface area contributed by atoms with Gasteiger partial charge in [0.1, 0.15) is 0 Å². The molecule has 1 aromatic rings. The highest BCUT2D eigenvalue weighted by Gasteiger charge is 2.10. The van der Waals surface area contributed by atoms with E-state index >= 15 is 0 Å². The van der Waals surface area contributed by atoms with E-state index in [1.54, 1.807) is 25.3 Å². The Bertz CT molecular complexity index is 586. The smallest absolute Gasteiger partial charge is 0.235 e. The molecule has 1 rings (SSSR count). The van der Waals surface area contributed by atoms with E-state index in [0.29, 0.717) is 11.5 Å². The van der Waals surface area contributed by atoms with Crippen LogP contribution in [0.2, 0.25) is 0 Å². The molecule has 0 unspecified atom stereocenters. The Morgan fingerprint density at radius 2 is 1.86 bits per heavy atom. The first-order valence-corrected chi connectivity index (χ1v) is 8.02. The van der Waals surface area contributed by atoms with Crippen molar-refractivity contribution in [2.75, 3.05) is 26.5 Å². The lowest BCUT2D eigenvalue weighted by Gasteiger charge is -2.10. The average molecular weight is 316 g/mol. The number of sulfonamides is 1. The lowest BCUT2D eigenvalue weighted by atomic mass is 10.2. The highest BCUT2D eigenvalue weighted by atomic mass is 32.2. The molecule has 0 atom stereocenters. The Hall–Kier alpha value is -1.80. The van der Waals surface area contributed by atoms with Crippen LogP contribution in [0.15, 0.2) is 18.2 Å². The average Bonchev–Trinajstić information content (AvgIpc) is 2.50. The zero-order chi connectivity index (χ0) is 15.9. The first-order valence-electron chi connectivity index (χ1n) is 6.36. The molecule has 0 radical (unpaired) electrons. The maximum atomic E-state index is 11.6. The van der Waals surface area contributed by atoms with Gasteiger partial charge < -0.3 is 14.8 Å². The third-order valence-electron chi connectivity index (χ3n) is 2.77. The summed E-state index contributed by atoms with van der Waals surface area (Å²) < 4.78 is 34.9. The van der Waals surface area contributed by atoms with Gasteiger partial charge in [-0.2, -0.15) is 0 Å². The van der Waals surface area contributed by atoms with Crippen LogP contribution in [0.25, 0.3) is 0 Å². The molecular formula is C13H20N2O5S. The molecule has 2 N–H and O–H groups in total. The normalized spacial score (nSPS) is 11.0. The zero-order valence-electron chi connectivity index (χ0n) is 12.3. The van der Waals surface area contributed by atoms with Gasteiger partial charge in [0, 0.05) is 6.54 Å². The maximum Gasteiger partial charge on any atom is 0.235 e. The van der Waals surface area contributed by atoms with Gasteiger partial charge in [0.25, 0.3) is 0 Å². The largest absolute Gasteiger partial charge is 0.493 e. The quantitative estimate of drug-likeness (QED) is 0.717. The molecule has 0 aliphatic rings. The monoisotopic (exact) mass is 316 g/mol. The van der Waals surface area contributed by atoms with E-state index < -0.39 is 15.9 Å². The van der Waals surface area contributed by atoms with Gasteiger partial charge in [-0.25, -0.2) is 13.1 Å². The van der Waals surface area contributed by atoms with Gasteiger partial charge in [-0.3, -0.25) is 4.79 Å². The number of methoxy groups -OCH3 is 2. The molecule has 0 spiro atoms. The lowest BCUT2D eigenvalue weighted by molar-refractivity contribution is -0.120. The van der Waals surface area contributed by atoms with Crippen LogP contribution in [0.3, 0.4) is 0 Å². The Labute approximate surface area is 124 Å². The summed E-state index contributed by atoms with van der Waals surface area (Å²) in [5.74, 6) is 0.705. The van der Waals surface area contributed by atoms with Crippen LogP contribution in [0.1, 0.15) is 12.5 Å². The van der Waals surface area contributed by atoms with E-state index in [0.717, 1.165) is 5.56 Å². The Morgan fingerprint density at radius 3 is 2.43 bits per heavy atom. The van der Waals surface area contributed by atoms with Crippen molar-refractivity contribution in [1.29, 1.82) is 0 Å². The summed E-state index contributed by atoms with van der Waals surface area (Å²) in [5.41, 5.74) is 0.819. The van der Waals surface area contributed by atoms with Crippen molar-refractivity contribution in [3.8, 4) is 11.5 Å². The second-order valence-electron chi connectivity index (χ2n) is 4.19. The fourth-order valence-electron chi connectivity index (χ4n) is 1.53. The number of benzene rings is 1. The molecule has 0 aliphatic carbocycles. The van der Waals surface area contributed by atoms with Crippen LogP contribution in [0.5, 0.6) is 11.5 Å². The van der Waals surface area contributed by atoms with Gasteiger partial charge >= 0.3 is 0 Å². The van der Waals surface area contributed by atoms with Gasteiger partial charge in [0.15, 0.2) is 11.5 Å². The molecule has 7 nitrogen and oxygen atoms in total. The Kier molecular flexibility index (Phi) is 6.44. The summed E-state index contributed by atoms with van der Waals surface area (Å²) >= 11 is 0. The van der Waals surface area contributed by atoms with Gasteiger partial charge in [-0.05, 0) is 24.6 Å². The van der Waals surface area contributed by atoms with Crippen LogP contribution in [-0.4, -0.2) is 40.8 Å². The van der Waals surface area contributed by atoms with E-state index in [9.17, 15) is 13.2 Å². The van der Waals surface area contributed by atoms with Gasteiger partial charge in [0.2, 0.25) is 15.9 Å². The minimum absolute atomic E-state index is 0.0596. The Morgan fingerprint density at radius 1 is 1.19 bits per heavy atom. The van der Waals surface area contributed by atoms with Crippen molar-refractivity contribution in [2.24, 2.45) is 0 Å². The zero-order valence-corrected chi connectivity index (χ0v) is 13.1. The van der Waals surface area contributed by atoms with E-state index in [2.05, 4.69) is 10.0 Å². The van der Waals surface area contributed by atoms with E-state index in [1.165, 1.54) is 14.0 Å². The van der Waals surface area contributed by atoms with Gasteiger partial charge in [-0.15, -0.1) is 0 Å². The second kappa shape index (κ2) is 7.84. The molecule has 0 fully saturated rings. The number of ether oxygens (including phenoxy) is 2. The third kappa shape index (κ3) is 5.60. The number of hydrogen-bond acceptors (Lipinski definition) is 5. The van der Waals surface area contributed by atoms with E-state index in [4.69, 9.17) is 9.47 Å². The molecule has 118 valence electrons. The van der Waals surface area contributed by atoms with Crippen molar-refractivity contribution >= 4 is 15.9 Å². The fraction of sp³-hybridized carbons (Fsp3) is 0.462. The molecule has 0 bridgehead atoms. The predicted octanol–water partition coefficient (Wildman–Crippen LogP) is 0.259. The van der Waals surface area contributed by atoms with Gasteiger partial charge in [-0.1, -0.05) is 6.07 Å². The number of nitrogens with one attached hydrogen (secondary N) is 2. The summed E-state index contributed by atoms with van der Waals surface area (Å²) in [5, 5.41) is 2.62. The van der Waals surface area contributed by atoms with Crippen molar-refractivity contribution < 1.29 is 22.7 Å². The number of rotatable bonds is 8. The molecule has 0 aliphatic heterocycles. The fourth-order valence-corrected chi connectivity index (χ4v) is 2.09. The van der Waals surface area contributed by atoms with Crippen molar-refractivity contribution in [3.63, 3.8) is 0 Å². The Balaban J connectivity index is 2.53. The van der Waals surface area contributed by atoms with Crippen molar-refractivity contribution in [1.82, 2.24) is 10.0 Å². The first kappa shape index (κ1) is 17.3. The van der Waals surface area contributed by atoms with Crippen LogP contribution >= 0.6 is 0 Å². The highest BCUT2D eigenvalue weighted by Crippen LogP contribution is 2.27. The molecule has 8 heteroatoms. The molecule has 0 heterocycles. The summed E-state index contributed by atoms with van der Waals surface area (Å²) in [6, 6.07) is 5.27. The van der Waals surface area contributed by atoms with Gasteiger partial charge in [0.05, 0.1) is 26.5 Å². The minimum atomic E-state index is -3.36. The molecule has 0 saturated heterocycles. The van der Waals surface area contributed by atoms with Crippen LogP contribution in [0.4, 0.5) is 0 Å². The summed E-state index contributed by atoms with van der Waals surface area (Å²) in [6.45, 7) is 1.50. The number of carbonyl (C=O) groups is 1. The highest BCUT2D eigenvalue weighted by molar-refractivity contribution is 7.89. The number of carbonyl (C=O) groups excluding carboxylic acids is 1. The minimum Gasteiger partial charge on any atom is -0.493 e. The summed E-state index contributed by atoms with van der Waals surface area (Å²) in [6.07, 6.45) is 0. The molecule has 0 aromatic heterocycles. The number of hydrogen-bond donors (Lipinski definition) is 2. The van der Waals surface area contributed by atoms with Crippen LogP contribution in [0, 0.1) is 0 Å².